The molecule has 21 heavy (non-hydrogen) atoms. The minimum Gasteiger partial charge on any atom is -0.396 e. The van der Waals surface area contributed by atoms with E-state index in [1.54, 1.807) is 22.7 Å². The Kier molecular flexibility index (Phi) is 4.48. The fourth-order valence-electron chi connectivity index (χ4n) is 2.24. The minimum atomic E-state index is 0.0812. The molecule has 0 bridgehead atoms. The highest BCUT2D eigenvalue weighted by Gasteiger charge is 2.16. The van der Waals surface area contributed by atoms with E-state index < -0.39 is 0 Å². The summed E-state index contributed by atoms with van der Waals surface area (Å²) < 4.78 is 0. The van der Waals surface area contributed by atoms with E-state index in [1.165, 1.54) is 4.88 Å². The number of aliphatic hydroxyl groups is 1. The van der Waals surface area contributed by atoms with Gasteiger partial charge in [0.1, 0.15) is 16.5 Å². The van der Waals surface area contributed by atoms with Gasteiger partial charge in [-0.2, -0.15) is 0 Å². The van der Waals surface area contributed by atoms with Crippen molar-refractivity contribution in [3.8, 4) is 0 Å². The summed E-state index contributed by atoms with van der Waals surface area (Å²) in [6, 6.07) is 6.25. The van der Waals surface area contributed by atoms with Crippen molar-refractivity contribution in [3.63, 3.8) is 0 Å². The van der Waals surface area contributed by atoms with Gasteiger partial charge in [0.05, 0.1) is 11.4 Å². The largest absolute Gasteiger partial charge is 0.396 e. The minimum absolute atomic E-state index is 0.0812. The molecule has 6 heteroatoms. The summed E-state index contributed by atoms with van der Waals surface area (Å²) in [6.07, 6.45) is 1.48. The van der Waals surface area contributed by atoms with E-state index in [9.17, 15) is 5.11 Å². The zero-order chi connectivity index (χ0) is 14.7. The van der Waals surface area contributed by atoms with E-state index in [1.807, 2.05) is 17.5 Å². The maximum atomic E-state index is 9.32. The molecule has 0 spiro atoms. The lowest BCUT2D eigenvalue weighted by atomic mass is 10.1. The van der Waals surface area contributed by atoms with Crippen LogP contribution in [0.3, 0.4) is 0 Å². The Morgan fingerprint density at radius 1 is 1.24 bits per heavy atom. The summed E-state index contributed by atoms with van der Waals surface area (Å²) in [7, 11) is 0. The van der Waals surface area contributed by atoms with Crippen LogP contribution in [-0.4, -0.2) is 21.7 Å². The van der Waals surface area contributed by atoms with Crippen molar-refractivity contribution in [2.75, 3.05) is 11.9 Å². The number of aliphatic hydroxyl groups excluding tert-OH is 1. The molecule has 3 heterocycles. The first-order valence-electron chi connectivity index (χ1n) is 6.96. The lowest BCUT2D eigenvalue weighted by molar-refractivity contribution is 0.280. The van der Waals surface area contributed by atoms with Crippen molar-refractivity contribution in [1.29, 1.82) is 0 Å². The van der Waals surface area contributed by atoms with E-state index in [0.29, 0.717) is 6.42 Å². The SMILES string of the molecule is CCc1nc(NC(CCO)c2cccs2)c2ccsc2n1. The fraction of sp³-hybridized carbons (Fsp3) is 0.333. The zero-order valence-corrected chi connectivity index (χ0v) is 13.4. The molecule has 0 saturated heterocycles. The van der Waals surface area contributed by atoms with Crippen molar-refractivity contribution in [2.24, 2.45) is 0 Å². The van der Waals surface area contributed by atoms with Crippen LogP contribution < -0.4 is 5.32 Å². The van der Waals surface area contributed by atoms with Crippen molar-refractivity contribution < 1.29 is 5.11 Å². The van der Waals surface area contributed by atoms with Gasteiger partial charge in [0.2, 0.25) is 0 Å². The van der Waals surface area contributed by atoms with E-state index in [-0.39, 0.29) is 12.6 Å². The second-order valence-electron chi connectivity index (χ2n) is 4.71. The van der Waals surface area contributed by atoms with Crippen molar-refractivity contribution >= 4 is 38.7 Å². The number of hydrogen-bond acceptors (Lipinski definition) is 6. The fourth-order valence-corrected chi connectivity index (χ4v) is 3.83. The third kappa shape index (κ3) is 3.07. The molecule has 0 fully saturated rings. The molecule has 0 aliphatic carbocycles. The number of aryl methyl sites for hydroxylation is 1. The highest BCUT2D eigenvalue weighted by atomic mass is 32.1. The number of aromatic nitrogens is 2. The first-order chi connectivity index (χ1) is 10.3. The molecule has 4 nitrogen and oxygen atoms in total. The highest BCUT2D eigenvalue weighted by Crippen LogP contribution is 2.30. The van der Waals surface area contributed by atoms with Crippen LogP contribution in [0.25, 0.3) is 10.2 Å². The number of hydrogen-bond donors (Lipinski definition) is 2. The molecule has 1 atom stereocenters. The van der Waals surface area contributed by atoms with Gasteiger partial charge >= 0.3 is 0 Å². The van der Waals surface area contributed by atoms with Crippen LogP contribution in [0.1, 0.15) is 30.1 Å². The molecule has 0 saturated carbocycles. The Hall–Kier alpha value is -1.50. The molecule has 0 radical (unpaired) electrons. The van der Waals surface area contributed by atoms with Crippen LogP contribution in [0.5, 0.6) is 0 Å². The molecule has 110 valence electrons. The van der Waals surface area contributed by atoms with Gasteiger partial charge in [-0.05, 0) is 29.3 Å². The number of anilines is 1. The van der Waals surface area contributed by atoms with Crippen molar-refractivity contribution in [2.45, 2.75) is 25.8 Å². The average molecular weight is 319 g/mol. The van der Waals surface area contributed by atoms with Crippen LogP contribution in [0, 0.1) is 0 Å². The number of rotatable bonds is 6. The quantitative estimate of drug-likeness (QED) is 0.724. The van der Waals surface area contributed by atoms with Gasteiger partial charge in [-0.1, -0.05) is 13.0 Å². The molecular formula is C15H17N3OS2. The molecule has 0 amide bonds. The predicted molar refractivity (Wildman–Crippen MR) is 89.2 cm³/mol. The number of nitrogens with zero attached hydrogens (tertiary/aromatic N) is 2. The van der Waals surface area contributed by atoms with Crippen LogP contribution in [0.4, 0.5) is 5.82 Å². The Morgan fingerprint density at radius 2 is 2.14 bits per heavy atom. The molecule has 3 rings (SSSR count). The van der Waals surface area contributed by atoms with Crippen LogP contribution in [0.15, 0.2) is 29.0 Å². The first-order valence-corrected chi connectivity index (χ1v) is 8.72. The lowest BCUT2D eigenvalue weighted by Crippen LogP contribution is -2.13. The van der Waals surface area contributed by atoms with Crippen LogP contribution in [-0.2, 0) is 6.42 Å². The summed E-state index contributed by atoms with van der Waals surface area (Å²) in [6.45, 7) is 2.21. The molecule has 0 aromatic carbocycles. The third-order valence-corrected chi connectivity index (χ3v) is 5.10. The van der Waals surface area contributed by atoms with Gasteiger partial charge in [-0.15, -0.1) is 22.7 Å². The van der Waals surface area contributed by atoms with Gasteiger partial charge in [0.25, 0.3) is 0 Å². The van der Waals surface area contributed by atoms with Gasteiger partial charge in [0, 0.05) is 17.9 Å². The van der Waals surface area contributed by atoms with E-state index >= 15 is 0 Å². The maximum Gasteiger partial charge on any atom is 0.139 e. The number of nitrogens with one attached hydrogen (secondary N) is 1. The van der Waals surface area contributed by atoms with Crippen molar-refractivity contribution in [1.82, 2.24) is 9.97 Å². The topological polar surface area (TPSA) is 58.0 Å². The molecule has 1 unspecified atom stereocenters. The third-order valence-electron chi connectivity index (χ3n) is 3.30. The first kappa shape index (κ1) is 14.4. The standard InChI is InChI=1S/C15H17N3OS2/c1-2-13-17-14(10-6-9-21-15(10)18-13)16-11(5-7-19)12-4-3-8-20-12/h3-4,6,8-9,11,19H,2,5,7H2,1H3,(H,16,17,18). The maximum absolute atomic E-state index is 9.32. The number of fused-ring (bicyclic) bond motifs is 1. The summed E-state index contributed by atoms with van der Waals surface area (Å²) in [5.74, 6) is 1.71. The Labute approximate surface area is 131 Å². The lowest BCUT2D eigenvalue weighted by Gasteiger charge is -2.18. The molecule has 3 aromatic rings. The van der Waals surface area contributed by atoms with Crippen LogP contribution >= 0.6 is 22.7 Å². The Bertz CT molecular complexity index is 709. The zero-order valence-electron chi connectivity index (χ0n) is 11.7. The monoisotopic (exact) mass is 319 g/mol. The second kappa shape index (κ2) is 6.51. The van der Waals surface area contributed by atoms with Gasteiger partial charge in [0.15, 0.2) is 0 Å². The van der Waals surface area contributed by atoms with E-state index in [4.69, 9.17) is 0 Å². The number of thiophene rings is 2. The smallest absolute Gasteiger partial charge is 0.139 e. The molecule has 3 aromatic heterocycles. The van der Waals surface area contributed by atoms with Gasteiger partial charge < -0.3 is 10.4 Å². The molecular weight excluding hydrogens is 302 g/mol. The van der Waals surface area contributed by atoms with Crippen LogP contribution in [0.2, 0.25) is 0 Å². The van der Waals surface area contributed by atoms with Gasteiger partial charge in [-0.25, -0.2) is 9.97 Å². The highest BCUT2D eigenvalue weighted by molar-refractivity contribution is 7.16. The Morgan fingerprint density at radius 3 is 2.86 bits per heavy atom. The second-order valence-corrected chi connectivity index (χ2v) is 6.58. The average Bonchev–Trinajstić information content (AvgIpc) is 3.17. The summed E-state index contributed by atoms with van der Waals surface area (Å²) >= 11 is 3.32. The summed E-state index contributed by atoms with van der Waals surface area (Å²) in [5.41, 5.74) is 0. The predicted octanol–water partition coefficient (Wildman–Crippen LogP) is 3.85. The van der Waals surface area contributed by atoms with Crippen molar-refractivity contribution in [3.05, 3.63) is 39.7 Å². The molecule has 0 aliphatic rings. The van der Waals surface area contributed by atoms with Gasteiger partial charge in [-0.3, -0.25) is 0 Å². The summed E-state index contributed by atoms with van der Waals surface area (Å²) in [4.78, 5) is 11.4. The summed E-state index contributed by atoms with van der Waals surface area (Å²) in [5, 5.41) is 18.0. The molecule has 0 aliphatic heterocycles. The normalized spacial score (nSPS) is 12.7. The van der Waals surface area contributed by atoms with E-state index in [2.05, 4.69) is 33.7 Å². The molecule has 2 N–H and O–H groups in total. The Balaban J connectivity index is 1.97. The van der Waals surface area contributed by atoms with E-state index in [0.717, 1.165) is 28.3 Å².